The van der Waals surface area contributed by atoms with Crippen LogP contribution in [0.2, 0.25) is 0 Å². The van der Waals surface area contributed by atoms with Crippen LogP contribution in [0.15, 0.2) is 18.2 Å². The molecule has 17 heavy (non-hydrogen) atoms. The Morgan fingerprint density at radius 2 is 2.18 bits per heavy atom. The molecule has 0 heterocycles. The van der Waals surface area contributed by atoms with Crippen molar-refractivity contribution in [2.24, 2.45) is 11.7 Å². The number of hydrogen-bond donors (Lipinski definition) is 2. The molecule has 0 aliphatic heterocycles. The van der Waals surface area contributed by atoms with Gasteiger partial charge < -0.3 is 16.4 Å². The van der Waals surface area contributed by atoms with Crippen molar-refractivity contribution < 1.29 is 4.79 Å². The molecule has 2 rings (SSSR count). The minimum Gasteiger partial charge on any atom is -0.399 e. The van der Waals surface area contributed by atoms with E-state index >= 15 is 0 Å². The second-order valence-corrected chi connectivity index (χ2v) is 4.62. The molecule has 4 N–H and O–H groups in total. The lowest BCUT2D eigenvalue weighted by atomic mass is 10.1. The third-order valence-corrected chi connectivity index (χ3v) is 3.18. The maximum absolute atomic E-state index is 11.4. The van der Waals surface area contributed by atoms with Crippen molar-refractivity contribution in [3.8, 4) is 0 Å². The van der Waals surface area contributed by atoms with E-state index in [1.165, 1.54) is 12.8 Å². The Balaban J connectivity index is 2.30. The van der Waals surface area contributed by atoms with Crippen LogP contribution in [-0.2, 0) is 0 Å². The topological polar surface area (TPSA) is 72.3 Å². The SMILES string of the molecule is CCN(CC1CC1)c1ccc(N)cc1C(N)=O. The molecule has 1 fully saturated rings. The monoisotopic (exact) mass is 233 g/mol. The van der Waals surface area contributed by atoms with E-state index in [4.69, 9.17) is 11.5 Å². The summed E-state index contributed by atoms with van der Waals surface area (Å²) in [7, 11) is 0. The van der Waals surface area contributed by atoms with Gasteiger partial charge in [-0.1, -0.05) is 0 Å². The number of carbonyl (C=O) groups is 1. The number of nitrogens with two attached hydrogens (primary N) is 2. The molecule has 0 aromatic heterocycles. The van der Waals surface area contributed by atoms with E-state index in [-0.39, 0.29) is 0 Å². The van der Waals surface area contributed by atoms with Gasteiger partial charge in [-0.25, -0.2) is 0 Å². The average Bonchev–Trinajstić information content (AvgIpc) is 3.10. The number of anilines is 2. The fourth-order valence-corrected chi connectivity index (χ4v) is 2.04. The number of carbonyl (C=O) groups excluding carboxylic acids is 1. The number of primary amides is 1. The molecule has 4 heteroatoms. The molecule has 92 valence electrons. The van der Waals surface area contributed by atoms with Gasteiger partial charge in [-0.15, -0.1) is 0 Å². The Morgan fingerprint density at radius 3 is 2.71 bits per heavy atom. The molecule has 1 aromatic carbocycles. The van der Waals surface area contributed by atoms with Crippen molar-refractivity contribution >= 4 is 17.3 Å². The van der Waals surface area contributed by atoms with Crippen molar-refractivity contribution in [2.45, 2.75) is 19.8 Å². The van der Waals surface area contributed by atoms with Gasteiger partial charge in [0.05, 0.1) is 5.56 Å². The summed E-state index contributed by atoms with van der Waals surface area (Å²) < 4.78 is 0. The zero-order valence-corrected chi connectivity index (χ0v) is 10.1. The molecule has 0 saturated heterocycles. The predicted octanol–water partition coefficient (Wildman–Crippen LogP) is 1.60. The first-order valence-corrected chi connectivity index (χ1v) is 6.06. The summed E-state index contributed by atoms with van der Waals surface area (Å²) in [5.74, 6) is 0.356. The van der Waals surface area contributed by atoms with Gasteiger partial charge in [0.15, 0.2) is 0 Å². The van der Waals surface area contributed by atoms with Gasteiger partial charge in [0.1, 0.15) is 0 Å². The molecule has 0 unspecified atom stereocenters. The Hall–Kier alpha value is -1.71. The quantitative estimate of drug-likeness (QED) is 0.759. The highest BCUT2D eigenvalue weighted by atomic mass is 16.1. The number of amides is 1. The molecule has 0 radical (unpaired) electrons. The van der Waals surface area contributed by atoms with Crippen molar-refractivity contribution in [2.75, 3.05) is 23.7 Å². The summed E-state index contributed by atoms with van der Waals surface area (Å²) in [6, 6.07) is 5.37. The Kier molecular flexibility index (Phi) is 3.22. The molecular weight excluding hydrogens is 214 g/mol. The standard InChI is InChI=1S/C13H19N3O/c1-2-16(8-9-3-4-9)12-6-5-10(14)7-11(12)13(15)17/h5-7,9H,2-4,8,14H2,1H3,(H2,15,17). The minimum atomic E-state index is -0.415. The number of benzene rings is 1. The maximum atomic E-state index is 11.4. The molecule has 1 aromatic rings. The first-order valence-electron chi connectivity index (χ1n) is 6.06. The van der Waals surface area contributed by atoms with Gasteiger partial charge in [-0.05, 0) is 43.9 Å². The van der Waals surface area contributed by atoms with Gasteiger partial charge in [-0.2, -0.15) is 0 Å². The van der Waals surface area contributed by atoms with Crippen LogP contribution >= 0.6 is 0 Å². The fraction of sp³-hybridized carbons (Fsp3) is 0.462. The van der Waals surface area contributed by atoms with Crippen LogP contribution < -0.4 is 16.4 Å². The van der Waals surface area contributed by atoms with E-state index in [1.807, 2.05) is 12.1 Å². The second-order valence-electron chi connectivity index (χ2n) is 4.62. The van der Waals surface area contributed by atoms with Gasteiger partial charge in [-0.3, -0.25) is 4.79 Å². The molecule has 1 amide bonds. The van der Waals surface area contributed by atoms with Crippen molar-refractivity contribution in [1.29, 1.82) is 0 Å². The fourth-order valence-electron chi connectivity index (χ4n) is 2.04. The molecule has 1 saturated carbocycles. The van der Waals surface area contributed by atoms with Gasteiger partial charge >= 0.3 is 0 Å². The van der Waals surface area contributed by atoms with E-state index < -0.39 is 5.91 Å². The summed E-state index contributed by atoms with van der Waals surface area (Å²) in [5.41, 5.74) is 13.1. The molecule has 0 bridgehead atoms. The maximum Gasteiger partial charge on any atom is 0.250 e. The molecule has 1 aliphatic rings. The normalized spacial score (nSPS) is 14.6. The Bertz CT molecular complexity index is 427. The Labute approximate surface area is 102 Å². The lowest BCUT2D eigenvalue weighted by molar-refractivity contribution is 0.100. The van der Waals surface area contributed by atoms with Crippen LogP contribution in [0.4, 0.5) is 11.4 Å². The summed E-state index contributed by atoms with van der Waals surface area (Å²) in [6.45, 7) is 3.96. The van der Waals surface area contributed by atoms with E-state index in [9.17, 15) is 4.79 Å². The highest BCUT2D eigenvalue weighted by Crippen LogP contribution is 2.32. The van der Waals surface area contributed by atoms with Crippen LogP contribution in [0.1, 0.15) is 30.1 Å². The zero-order chi connectivity index (χ0) is 12.4. The third-order valence-electron chi connectivity index (χ3n) is 3.18. The summed E-state index contributed by atoms with van der Waals surface area (Å²) in [4.78, 5) is 13.6. The average molecular weight is 233 g/mol. The second kappa shape index (κ2) is 4.65. The van der Waals surface area contributed by atoms with Gasteiger partial charge in [0.25, 0.3) is 5.91 Å². The van der Waals surface area contributed by atoms with Crippen molar-refractivity contribution in [3.05, 3.63) is 23.8 Å². The zero-order valence-electron chi connectivity index (χ0n) is 10.1. The largest absolute Gasteiger partial charge is 0.399 e. The molecule has 1 aliphatic carbocycles. The van der Waals surface area contributed by atoms with Gasteiger partial charge in [0.2, 0.25) is 0 Å². The summed E-state index contributed by atoms with van der Waals surface area (Å²) in [5, 5.41) is 0. The number of nitrogen functional groups attached to an aromatic ring is 1. The summed E-state index contributed by atoms with van der Waals surface area (Å²) in [6.07, 6.45) is 2.58. The molecule has 4 nitrogen and oxygen atoms in total. The summed E-state index contributed by atoms with van der Waals surface area (Å²) >= 11 is 0. The van der Waals surface area contributed by atoms with Crippen LogP contribution in [0.3, 0.4) is 0 Å². The van der Waals surface area contributed by atoms with Crippen LogP contribution in [0.5, 0.6) is 0 Å². The first kappa shape index (κ1) is 11.8. The molecule has 0 atom stereocenters. The number of nitrogens with zero attached hydrogens (tertiary/aromatic N) is 1. The highest BCUT2D eigenvalue weighted by molar-refractivity contribution is 5.99. The first-order chi connectivity index (χ1) is 8.11. The minimum absolute atomic E-state index is 0.415. The Morgan fingerprint density at radius 1 is 1.47 bits per heavy atom. The lowest BCUT2D eigenvalue weighted by Gasteiger charge is -2.25. The van der Waals surface area contributed by atoms with E-state index in [0.29, 0.717) is 11.3 Å². The number of rotatable bonds is 5. The smallest absolute Gasteiger partial charge is 0.250 e. The third kappa shape index (κ3) is 2.70. The van der Waals surface area contributed by atoms with Crippen LogP contribution in [0.25, 0.3) is 0 Å². The van der Waals surface area contributed by atoms with Gasteiger partial charge in [0, 0.05) is 24.5 Å². The molecular formula is C13H19N3O. The lowest BCUT2D eigenvalue weighted by Crippen LogP contribution is -2.28. The van der Waals surface area contributed by atoms with Crippen molar-refractivity contribution in [3.63, 3.8) is 0 Å². The van der Waals surface area contributed by atoms with Crippen molar-refractivity contribution in [1.82, 2.24) is 0 Å². The van der Waals surface area contributed by atoms with Crippen LogP contribution in [-0.4, -0.2) is 19.0 Å². The predicted molar refractivity (Wildman–Crippen MR) is 70.0 cm³/mol. The van der Waals surface area contributed by atoms with E-state index in [2.05, 4.69) is 11.8 Å². The van der Waals surface area contributed by atoms with Crippen LogP contribution in [0, 0.1) is 5.92 Å². The number of hydrogen-bond acceptors (Lipinski definition) is 3. The molecule has 0 spiro atoms. The van der Waals surface area contributed by atoms with E-state index in [0.717, 1.165) is 24.7 Å². The van der Waals surface area contributed by atoms with E-state index in [1.54, 1.807) is 6.07 Å². The highest BCUT2D eigenvalue weighted by Gasteiger charge is 2.25.